The molecule has 0 radical (unpaired) electrons. The fourth-order valence-corrected chi connectivity index (χ4v) is 2.93. The van der Waals surface area contributed by atoms with Crippen molar-refractivity contribution in [3.05, 3.63) is 60.2 Å². The third-order valence-electron chi connectivity index (χ3n) is 4.40. The first-order valence-corrected chi connectivity index (χ1v) is 8.23. The second kappa shape index (κ2) is 7.77. The van der Waals surface area contributed by atoms with Crippen molar-refractivity contribution in [2.24, 2.45) is 0 Å². The van der Waals surface area contributed by atoms with Gasteiger partial charge in [-0.15, -0.1) is 0 Å². The second-order valence-corrected chi connectivity index (χ2v) is 6.17. The Kier molecular flexibility index (Phi) is 5.48. The van der Waals surface area contributed by atoms with Gasteiger partial charge in [0.25, 0.3) is 0 Å². The van der Waals surface area contributed by atoms with Crippen LogP contribution in [0.15, 0.2) is 54.6 Å². The molecular weight excluding hydrogens is 306 g/mol. The molecule has 0 aromatic heterocycles. The predicted molar refractivity (Wildman–Crippen MR) is 90.8 cm³/mol. The van der Waals surface area contributed by atoms with Crippen molar-refractivity contribution in [1.29, 1.82) is 0 Å². The van der Waals surface area contributed by atoms with Gasteiger partial charge in [0.1, 0.15) is 17.6 Å². The summed E-state index contributed by atoms with van der Waals surface area (Å²) in [6.07, 6.45) is -1.76. The van der Waals surface area contributed by atoms with Crippen LogP contribution in [0.3, 0.4) is 0 Å². The fraction of sp³-hybridized carbons (Fsp3) is 0.368. The minimum Gasteiger partial charge on any atom is -0.457 e. The van der Waals surface area contributed by atoms with E-state index in [1.165, 1.54) is 0 Å². The first-order valence-electron chi connectivity index (χ1n) is 8.23. The Labute approximate surface area is 141 Å². The number of para-hydroxylation sites is 1. The summed E-state index contributed by atoms with van der Waals surface area (Å²) in [5, 5.41) is 32.5. The van der Waals surface area contributed by atoms with Gasteiger partial charge >= 0.3 is 0 Å². The maximum Gasteiger partial charge on any atom is 0.127 e. The number of aliphatic hydroxyl groups is 3. The molecule has 5 nitrogen and oxygen atoms in total. The molecule has 2 aromatic carbocycles. The largest absolute Gasteiger partial charge is 0.457 e. The lowest BCUT2D eigenvalue weighted by Gasteiger charge is -2.35. The van der Waals surface area contributed by atoms with Gasteiger partial charge in [0, 0.05) is 12.6 Å². The highest BCUT2D eigenvalue weighted by Gasteiger charge is 2.35. The Balaban J connectivity index is 1.53. The SMILES string of the molecule is O[C@@H]1[C@@H](O)[C@H](NCc2ccc(Oc3ccccc3)cc2)CC[C@H]1O. The summed E-state index contributed by atoms with van der Waals surface area (Å²) in [5.74, 6) is 1.56. The van der Waals surface area contributed by atoms with E-state index in [-0.39, 0.29) is 6.04 Å². The van der Waals surface area contributed by atoms with Gasteiger partial charge < -0.3 is 25.4 Å². The lowest BCUT2D eigenvalue weighted by atomic mass is 9.87. The molecule has 0 aliphatic heterocycles. The topological polar surface area (TPSA) is 82.0 Å². The number of hydrogen-bond donors (Lipinski definition) is 4. The van der Waals surface area contributed by atoms with Gasteiger partial charge in [-0.1, -0.05) is 30.3 Å². The van der Waals surface area contributed by atoms with Crippen LogP contribution in [0.4, 0.5) is 0 Å². The molecule has 1 fully saturated rings. The summed E-state index contributed by atoms with van der Waals surface area (Å²) in [7, 11) is 0. The highest BCUT2D eigenvalue weighted by molar-refractivity contribution is 5.32. The number of aliphatic hydroxyl groups excluding tert-OH is 3. The normalized spacial score (nSPS) is 27.0. The van der Waals surface area contributed by atoms with E-state index in [0.717, 1.165) is 17.1 Å². The van der Waals surface area contributed by atoms with Gasteiger partial charge in [0.2, 0.25) is 0 Å². The van der Waals surface area contributed by atoms with Crippen LogP contribution in [0.25, 0.3) is 0 Å². The summed E-state index contributed by atoms with van der Waals surface area (Å²) >= 11 is 0. The minimum atomic E-state index is -1.09. The van der Waals surface area contributed by atoms with Gasteiger partial charge in [-0.3, -0.25) is 0 Å². The lowest BCUT2D eigenvalue weighted by Crippen LogP contribution is -2.54. The standard InChI is InChI=1S/C19H23NO4/c21-17-11-10-16(18(22)19(17)23)20-12-13-6-8-15(9-7-13)24-14-4-2-1-3-5-14/h1-9,16-23H,10-12H2/t16-,17-,18+,19+/m1/s1. The molecule has 1 aliphatic carbocycles. The zero-order chi connectivity index (χ0) is 16.9. The number of ether oxygens (including phenoxy) is 1. The number of hydrogen-bond acceptors (Lipinski definition) is 5. The molecule has 0 heterocycles. The number of rotatable bonds is 5. The van der Waals surface area contributed by atoms with Crippen LogP contribution in [0.2, 0.25) is 0 Å². The molecule has 0 spiro atoms. The van der Waals surface area contributed by atoms with E-state index in [2.05, 4.69) is 5.32 Å². The van der Waals surface area contributed by atoms with Crippen molar-refractivity contribution < 1.29 is 20.1 Å². The van der Waals surface area contributed by atoms with E-state index >= 15 is 0 Å². The van der Waals surface area contributed by atoms with Crippen molar-refractivity contribution >= 4 is 0 Å². The predicted octanol–water partition coefficient (Wildman–Crippen LogP) is 1.81. The Morgan fingerprint density at radius 2 is 1.50 bits per heavy atom. The molecule has 3 rings (SSSR count). The van der Waals surface area contributed by atoms with E-state index in [9.17, 15) is 15.3 Å². The van der Waals surface area contributed by atoms with E-state index in [4.69, 9.17) is 4.74 Å². The summed E-state index contributed by atoms with van der Waals surface area (Å²) in [6, 6.07) is 17.1. The maximum absolute atomic E-state index is 10.0. The van der Waals surface area contributed by atoms with Crippen LogP contribution in [0.1, 0.15) is 18.4 Å². The first-order chi connectivity index (χ1) is 11.6. The van der Waals surface area contributed by atoms with E-state index in [1.54, 1.807) is 0 Å². The summed E-state index contributed by atoms with van der Waals surface area (Å²) in [6.45, 7) is 0.580. The zero-order valence-electron chi connectivity index (χ0n) is 13.4. The van der Waals surface area contributed by atoms with E-state index in [1.807, 2.05) is 54.6 Å². The molecule has 1 aliphatic rings. The maximum atomic E-state index is 10.0. The number of nitrogens with one attached hydrogen (secondary N) is 1. The lowest BCUT2D eigenvalue weighted by molar-refractivity contribution is -0.0983. The molecule has 5 heteroatoms. The van der Waals surface area contributed by atoms with Gasteiger partial charge in [-0.25, -0.2) is 0 Å². The molecule has 128 valence electrons. The van der Waals surface area contributed by atoms with Crippen LogP contribution >= 0.6 is 0 Å². The Morgan fingerprint density at radius 1 is 0.833 bits per heavy atom. The first kappa shape index (κ1) is 16.9. The number of benzene rings is 2. The molecule has 2 aromatic rings. The van der Waals surface area contributed by atoms with Crippen LogP contribution in [0, 0.1) is 0 Å². The van der Waals surface area contributed by atoms with E-state index < -0.39 is 18.3 Å². The van der Waals surface area contributed by atoms with Crippen molar-refractivity contribution in [1.82, 2.24) is 5.32 Å². The Morgan fingerprint density at radius 3 is 2.21 bits per heavy atom. The van der Waals surface area contributed by atoms with Gasteiger partial charge in [0.15, 0.2) is 0 Å². The fourth-order valence-electron chi connectivity index (χ4n) is 2.93. The van der Waals surface area contributed by atoms with Crippen LogP contribution in [-0.2, 0) is 6.54 Å². The molecule has 4 atom stereocenters. The summed E-state index contributed by atoms with van der Waals surface area (Å²) < 4.78 is 5.75. The molecule has 0 saturated heterocycles. The van der Waals surface area contributed by atoms with Crippen LogP contribution in [0.5, 0.6) is 11.5 Å². The Bertz CT molecular complexity index is 632. The molecule has 1 saturated carbocycles. The molecule has 0 amide bonds. The van der Waals surface area contributed by atoms with Crippen LogP contribution < -0.4 is 10.1 Å². The average molecular weight is 329 g/mol. The third-order valence-corrected chi connectivity index (χ3v) is 4.40. The summed E-state index contributed by atoms with van der Waals surface area (Å²) in [5.41, 5.74) is 1.06. The smallest absolute Gasteiger partial charge is 0.127 e. The highest BCUT2D eigenvalue weighted by Crippen LogP contribution is 2.22. The molecule has 4 N–H and O–H groups in total. The highest BCUT2D eigenvalue weighted by atomic mass is 16.5. The molecular formula is C19H23NO4. The van der Waals surface area contributed by atoms with Crippen LogP contribution in [-0.4, -0.2) is 39.7 Å². The minimum absolute atomic E-state index is 0.219. The summed E-state index contributed by atoms with van der Waals surface area (Å²) in [4.78, 5) is 0. The molecule has 0 unspecified atom stereocenters. The zero-order valence-corrected chi connectivity index (χ0v) is 13.4. The van der Waals surface area contributed by atoms with Gasteiger partial charge in [-0.05, 0) is 42.7 Å². The van der Waals surface area contributed by atoms with Gasteiger partial charge in [-0.2, -0.15) is 0 Å². The Hall–Kier alpha value is -1.92. The van der Waals surface area contributed by atoms with Crippen molar-refractivity contribution in [3.8, 4) is 11.5 Å². The van der Waals surface area contributed by atoms with Crippen molar-refractivity contribution in [3.63, 3.8) is 0 Å². The van der Waals surface area contributed by atoms with Crippen molar-refractivity contribution in [2.75, 3.05) is 0 Å². The quantitative estimate of drug-likeness (QED) is 0.673. The molecule has 24 heavy (non-hydrogen) atoms. The van der Waals surface area contributed by atoms with E-state index in [0.29, 0.717) is 19.4 Å². The monoisotopic (exact) mass is 329 g/mol. The second-order valence-electron chi connectivity index (χ2n) is 6.17. The van der Waals surface area contributed by atoms with Crippen molar-refractivity contribution in [2.45, 2.75) is 43.7 Å². The average Bonchev–Trinajstić information content (AvgIpc) is 2.61. The third kappa shape index (κ3) is 4.13. The van der Waals surface area contributed by atoms with Gasteiger partial charge in [0.05, 0.1) is 12.2 Å². The molecule has 0 bridgehead atoms.